The molecular weight excluding hydrogens is 504 g/mol. The van der Waals surface area contributed by atoms with E-state index in [2.05, 4.69) is 58.1 Å². The number of aliphatic hydroxyl groups is 1. The van der Waals surface area contributed by atoms with Gasteiger partial charge < -0.3 is 23.7 Å². The highest BCUT2D eigenvalue weighted by Crippen LogP contribution is 2.37. The second-order valence-electron chi connectivity index (χ2n) is 11.5. The molecule has 1 N–H and O–H groups in total. The molecule has 0 saturated carbocycles. The predicted molar refractivity (Wildman–Crippen MR) is 160 cm³/mol. The standard InChI is InChI=1S/C33H46O5Si/c1-33(2,3)39(4,5)38-26-31(36-24-28-17-11-7-12-18-28)32(37-25-29-19-13-8-14-20-29)30(21-22-34)35-23-27-15-9-6-10-16-27/h6-20,30-32,34H,21-26H2,1-5H3/t30-,31+,32+/m0/s1. The topological polar surface area (TPSA) is 57.2 Å². The van der Waals surface area contributed by atoms with Crippen molar-refractivity contribution < 1.29 is 23.7 Å². The molecule has 0 spiro atoms. The van der Waals surface area contributed by atoms with Gasteiger partial charge in [0.2, 0.25) is 0 Å². The molecule has 0 radical (unpaired) electrons. The van der Waals surface area contributed by atoms with Crippen molar-refractivity contribution in [1.82, 2.24) is 0 Å². The number of ether oxygens (including phenoxy) is 3. The Kier molecular flexibility index (Phi) is 12.4. The molecule has 3 atom stereocenters. The van der Waals surface area contributed by atoms with Crippen molar-refractivity contribution in [2.24, 2.45) is 0 Å². The summed E-state index contributed by atoms with van der Waals surface area (Å²) in [5, 5.41) is 10.1. The summed E-state index contributed by atoms with van der Waals surface area (Å²) in [6.07, 6.45) is -0.801. The van der Waals surface area contributed by atoms with Crippen molar-refractivity contribution >= 4 is 8.32 Å². The second-order valence-corrected chi connectivity index (χ2v) is 16.3. The Bertz CT molecular complexity index is 1050. The van der Waals surface area contributed by atoms with Crippen LogP contribution in [0.4, 0.5) is 0 Å². The summed E-state index contributed by atoms with van der Waals surface area (Å²) in [5.41, 5.74) is 3.22. The molecule has 0 heterocycles. The molecule has 39 heavy (non-hydrogen) atoms. The van der Waals surface area contributed by atoms with Crippen molar-refractivity contribution in [3.8, 4) is 0 Å². The predicted octanol–water partition coefficient (Wildman–Crippen LogP) is 7.15. The van der Waals surface area contributed by atoms with Crippen molar-refractivity contribution in [1.29, 1.82) is 0 Å². The van der Waals surface area contributed by atoms with Gasteiger partial charge in [-0.25, -0.2) is 0 Å². The molecule has 0 bridgehead atoms. The summed E-state index contributed by atoms with van der Waals surface area (Å²) in [6, 6.07) is 30.3. The molecule has 0 fully saturated rings. The van der Waals surface area contributed by atoms with Gasteiger partial charge in [-0.15, -0.1) is 0 Å². The molecule has 212 valence electrons. The van der Waals surface area contributed by atoms with Crippen LogP contribution in [0.15, 0.2) is 91.0 Å². The minimum absolute atomic E-state index is 0.0147. The average molecular weight is 551 g/mol. The Morgan fingerprint density at radius 3 is 1.46 bits per heavy atom. The van der Waals surface area contributed by atoms with E-state index in [1.54, 1.807) is 0 Å². The van der Waals surface area contributed by atoms with Crippen molar-refractivity contribution in [2.45, 2.75) is 83.5 Å². The molecule has 0 amide bonds. The molecule has 0 aliphatic rings. The highest BCUT2D eigenvalue weighted by molar-refractivity contribution is 6.74. The van der Waals surface area contributed by atoms with Gasteiger partial charge in [-0.1, -0.05) is 112 Å². The third kappa shape index (κ3) is 10.3. The van der Waals surface area contributed by atoms with Gasteiger partial charge in [0, 0.05) is 6.61 Å². The molecular formula is C33H46O5Si. The Balaban J connectivity index is 1.88. The molecule has 3 aromatic rings. The van der Waals surface area contributed by atoms with E-state index < -0.39 is 20.5 Å². The summed E-state index contributed by atoms with van der Waals surface area (Å²) in [4.78, 5) is 0. The minimum atomic E-state index is -2.06. The van der Waals surface area contributed by atoms with Gasteiger partial charge in [-0.3, -0.25) is 0 Å². The molecule has 3 rings (SSSR count). The summed E-state index contributed by atoms with van der Waals surface area (Å²) >= 11 is 0. The van der Waals surface area contributed by atoms with Crippen LogP contribution in [0.1, 0.15) is 43.9 Å². The Labute approximate surface area is 236 Å². The highest BCUT2D eigenvalue weighted by atomic mass is 28.4. The zero-order chi connectivity index (χ0) is 28.1. The first-order chi connectivity index (χ1) is 18.7. The van der Waals surface area contributed by atoms with Gasteiger partial charge in [-0.05, 0) is 41.2 Å². The van der Waals surface area contributed by atoms with Gasteiger partial charge in [-0.2, -0.15) is 0 Å². The molecule has 6 heteroatoms. The lowest BCUT2D eigenvalue weighted by Gasteiger charge is -2.39. The third-order valence-electron chi connectivity index (χ3n) is 7.46. The number of rotatable bonds is 16. The first kappa shape index (κ1) is 31.2. The fourth-order valence-corrected chi connectivity index (χ4v) is 5.00. The molecule has 3 aromatic carbocycles. The van der Waals surface area contributed by atoms with E-state index in [0.717, 1.165) is 16.7 Å². The SMILES string of the molecule is CC(C)(C)[Si](C)(C)OC[C@@H](OCc1ccccc1)[C@H](OCc1ccccc1)[C@H](CCO)OCc1ccccc1. The average Bonchev–Trinajstić information content (AvgIpc) is 2.93. The van der Waals surface area contributed by atoms with Crippen molar-refractivity contribution in [2.75, 3.05) is 13.2 Å². The maximum atomic E-state index is 10.0. The molecule has 0 aromatic heterocycles. The van der Waals surface area contributed by atoms with Gasteiger partial charge in [0.15, 0.2) is 8.32 Å². The van der Waals surface area contributed by atoms with E-state index in [1.807, 2.05) is 66.7 Å². The lowest BCUT2D eigenvalue weighted by molar-refractivity contribution is -0.163. The van der Waals surface area contributed by atoms with Crippen LogP contribution in [0, 0.1) is 0 Å². The Hall–Kier alpha value is -2.32. The fraction of sp³-hybridized carbons (Fsp3) is 0.455. The maximum absolute atomic E-state index is 10.0. The van der Waals surface area contributed by atoms with Crippen LogP contribution >= 0.6 is 0 Å². The largest absolute Gasteiger partial charge is 0.414 e. The van der Waals surface area contributed by atoms with Crippen LogP contribution < -0.4 is 0 Å². The van der Waals surface area contributed by atoms with Crippen LogP contribution in [0.5, 0.6) is 0 Å². The summed E-state index contributed by atoms with van der Waals surface area (Å²) in [6.45, 7) is 12.8. The quantitative estimate of drug-likeness (QED) is 0.192. The first-order valence-corrected chi connectivity index (χ1v) is 16.8. The maximum Gasteiger partial charge on any atom is 0.192 e. The van der Waals surface area contributed by atoms with Gasteiger partial charge in [0.05, 0.1) is 32.5 Å². The Morgan fingerprint density at radius 1 is 0.641 bits per heavy atom. The Morgan fingerprint density at radius 2 is 1.05 bits per heavy atom. The second kappa shape index (κ2) is 15.5. The smallest absolute Gasteiger partial charge is 0.192 e. The van der Waals surface area contributed by atoms with Gasteiger partial charge in [0.1, 0.15) is 12.2 Å². The van der Waals surface area contributed by atoms with Crippen LogP contribution in [-0.4, -0.2) is 44.9 Å². The minimum Gasteiger partial charge on any atom is -0.414 e. The van der Waals surface area contributed by atoms with Crippen molar-refractivity contribution in [3.63, 3.8) is 0 Å². The zero-order valence-electron chi connectivity index (χ0n) is 24.2. The highest BCUT2D eigenvalue weighted by Gasteiger charge is 2.40. The molecule has 0 aliphatic carbocycles. The fourth-order valence-electron chi connectivity index (χ4n) is 3.99. The first-order valence-electron chi connectivity index (χ1n) is 13.9. The molecule has 0 aliphatic heterocycles. The number of aliphatic hydroxyl groups excluding tert-OH is 1. The lowest BCUT2D eigenvalue weighted by Crippen LogP contribution is -2.49. The lowest BCUT2D eigenvalue weighted by atomic mass is 10.0. The summed E-state index contributed by atoms with van der Waals surface area (Å²) in [5.74, 6) is 0. The van der Waals surface area contributed by atoms with Crippen LogP contribution in [0.2, 0.25) is 18.1 Å². The van der Waals surface area contributed by atoms with Crippen LogP contribution in [0.25, 0.3) is 0 Å². The third-order valence-corrected chi connectivity index (χ3v) is 12.0. The van der Waals surface area contributed by atoms with Crippen LogP contribution in [0.3, 0.4) is 0 Å². The van der Waals surface area contributed by atoms with E-state index in [9.17, 15) is 5.11 Å². The summed E-state index contributed by atoms with van der Waals surface area (Å²) in [7, 11) is -2.06. The number of benzene rings is 3. The number of hydrogen-bond donors (Lipinski definition) is 1. The van der Waals surface area contributed by atoms with Gasteiger partial charge in [0.25, 0.3) is 0 Å². The van der Waals surface area contributed by atoms with E-state index in [0.29, 0.717) is 32.8 Å². The van der Waals surface area contributed by atoms with E-state index in [1.165, 1.54) is 0 Å². The normalized spacial score (nSPS) is 14.6. The molecule has 5 nitrogen and oxygen atoms in total. The zero-order valence-corrected chi connectivity index (χ0v) is 25.2. The summed E-state index contributed by atoms with van der Waals surface area (Å²) < 4.78 is 26.3. The molecule has 0 unspecified atom stereocenters. The van der Waals surface area contributed by atoms with Crippen molar-refractivity contribution in [3.05, 3.63) is 108 Å². The van der Waals surface area contributed by atoms with E-state index in [-0.39, 0.29) is 17.7 Å². The molecule has 0 saturated heterocycles. The number of hydrogen-bond acceptors (Lipinski definition) is 5. The van der Waals surface area contributed by atoms with E-state index in [4.69, 9.17) is 18.6 Å². The van der Waals surface area contributed by atoms with Gasteiger partial charge >= 0.3 is 0 Å². The van der Waals surface area contributed by atoms with Crippen LogP contribution in [-0.2, 0) is 38.5 Å². The van der Waals surface area contributed by atoms with E-state index >= 15 is 0 Å². The monoisotopic (exact) mass is 550 g/mol.